The second-order valence-electron chi connectivity index (χ2n) is 4.45. The van der Waals surface area contributed by atoms with Crippen molar-refractivity contribution in [3.63, 3.8) is 0 Å². The van der Waals surface area contributed by atoms with Gasteiger partial charge >= 0.3 is 5.97 Å². The van der Waals surface area contributed by atoms with Crippen LogP contribution in [0.3, 0.4) is 0 Å². The van der Waals surface area contributed by atoms with E-state index in [0.717, 1.165) is 0 Å². The van der Waals surface area contributed by atoms with Crippen LogP contribution in [0.5, 0.6) is 0 Å². The van der Waals surface area contributed by atoms with Crippen LogP contribution in [0, 0.1) is 6.92 Å². The average molecular weight is 321 g/mol. The van der Waals surface area contributed by atoms with Gasteiger partial charge in [0.2, 0.25) is 0 Å². The Morgan fingerprint density at radius 3 is 2.77 bits per heavy atom. The molecule has 0 radical (unpaired) electrons. The minimum atomic E-state index is -0.861. The second-order valence-corrected chi connectivity index (χ2v) is 4.86. The first kappa shape index (κ1) is 15.8. The molecule has 114 valence electrons. The van der Waals surface area contributed by atoms with E-state index < -0.39 is 24.0 Å². The molecule has 2 rings (SSSR count). The van der Waals surface area contributed by atoms with Crippen LogP contribution in [0.25, 0.3) is 0 Å². The van der Waals surface area contributed by atoms with Crippen LogP contribution >= 0.6 is 11.6 Å². The van der Waals surface area contributed by atoms with Crippen molar-refractivity contribution in [2.45, 2.75) is 6.92 Å². The zero-order valence-electron chi connectivity index (χ0n) is 11.7. The standard InChI is InChI=1S/C15H13ClN2O4/c1-9-11(16)5-2-6-12(9)18-13(19)8-22-15(21)10-4-3-7-17-14(10)20/h2-7H,8H2,1H3,(H,17,20)(H,18,19). The lowest BCUT2D eigenvalue weighted by molar-refractivity contribution is -0.119. The molecule has 1 heterocycles. The number of nitrogens with one attached hydrogen (secondary N) is 2. The van der Waals surface area contributed by atoms with E-state index >= 15 is 0 Å². The van der Waals surface area contributed by atoms with Crippen molar-refractivity contribution in [1.29, 1.82) is 0 Å². The van der Waals surface area contributed by atoms with Crippen LogP contribution in [0.15, 0.2) is 41.3 Å². The maximum absolute atomic E-state index is 11.8. The number of anilines is 1. The number of esters is 1. The van der Waals surface area contributed by atoms with Gasteiger partial charge in [-0.3, -0.25) is 9.59 Å². The molecule has 0 saturated heterocycles. The van der Waals surface area contributed by atoms with E-state index in [4.69, 9.17) is 16.3 Å². The van der Waals surface area contributed by atoms with E-state index in [1.54, 1.807) is 25.1 Å². The zero-order chi connectivity index (χ0) is 16.1. The average Bonchev–Trinajstić information content (AvgIpc) is 2.50. The number of aromatic nitrogens is 1. The molecular weight excluding hydrogens is 308 g/mol. The maximum atomic E-state index is 11.8. The van der Waals surface area contributed by atoms with Gasteiger partial charge in [0, 0.05) is 16.9 Å². The number of rotatable bonds is 4. The van der Waals surface area contributed by atoms with Gasteiger partial charge in [0.05, 0.1) is 0 Å². The lowest BCUT2D eigenvalue weighted by Gasteiger charge is -2.09. The van der Waals surface area contributed by atoms with Gasteiger partial charge in [-0.2, -0.15) is 0 Å². The third-order valence-electron chi connectivity index (χ3n) is 2.91. The van der Waals surface area contributed by atoms with Crippen molar-refractivity contribution >= 4 is 29.2 Å². The molecule has 1 aromatic heterocycles. The molecule has 0 saturated carbocycles. The Hall–Kier alpha value is -2.60. The molecule has 0 spiro atoms. The number of benzene rings is 1. The molecule has 1 aromatic carbocycles. The smallest absolute Gasteiger partial charge is 0.344 e. The molecule has 6 nitrogen and oxygen atoms in total. The number of halogens is 1. The van der Waals surface area contributed by atoms with Gasteiger partial charge in [-0.1, -0.05) is 17.7 Å². The normalized spacial score (nSPS) is 10.1. The number of carbonyl (C=O) groups excluding carboxylic acids is 2. The number of hydrogen-bond acceptors (Lipinski definition) is 4. The number of aromatic amines is 1. The van der Waals surface area contributed by atoms with E-state index in [1.807, 2.05) is 0 Å². The molecule has 0 fully saturated rings. The lowest BCUT2D eigenvalue weighted by atomic mass is 10.2. The van der Waals surface area contributed by atoms with Crippen LogP contribution in [0.2, 0.25) is 5.02 Å². The van der Waals surface area contributed by atoms with Crippen molar-refractivity contribution in [2.24, 2.45) is 0 Å². The highest BCUT2D eigenvalue weighted by Crippen LogP contribution is 2.22. The Bertz CT molecular complexity index is 770. The van der Waals surface area contributed by atoms with E-state index in [9.17, 15) is 14.4 Å². The third-order valence-corrected chi connectivity index (χ3v) is 3.32. The van der Waals surface area contributed by atoms with Gasteiger partial charge in [-0.15, -0.1) is 0 Å². The molecule has 0 aliphatic heterocycles. The van der Waals surface area contributed by atoms with Crippen LogP contribution in [-0.2, 0) is 9.53 Å². The fraction of sp³-hybridized carbons (Fsp3) is 0.133. The molecule has 7 heteroatoms. The monoisotopic (exact) mass is 320 g/mol. The zero-order valence-corrected chi connectivity index (χ0v) is 12.4. The summed E-state index contributed by atoms with van der Waals surface area (Å²) in [5.41, 5.74) is 0.516. The predicted molar refractivity (Wildman–Crippen MR) is 82.2 cm³/mol. The van der Waals surface area contributed by atoms with E-state index in [2.05, 4.69) is 10.3 Å². The summed E-state index contributed by atoms with van der Waals surface area (Å²) in [6.45, 7) is 1.26. The highest BCUT2D eigenvalue weighted by Gasteiger charge is 2.14. The van der Waals surface area contributed by atoms with Crippen molar-refractivity contribution in [1.82, 2.24) is 4.98 Å². The lowest BCUT2D eigenvalue weighted by Crippen LogP contribution is -2.24. The van der Waals surface area contributed by atoms with Crippen LogP contribution in [0.1, 0.15) is 15.9 Å². The minimum Gasteiger partial charge on any atom is -0.452 e. The molecule has 0 atom stereocenters. The number of amides is 1. The Morgan fingerprint density at radius 2 is 2.05 bits per heavy atom. The van der Waals surface area contributed by atoms with Gasteiger partial charge in [-0.25, -0.2) is 4.79 Å². The van der Waals surface area contributed by atoms with Crippen molar-refractivity contribution < 1.29 is 14.3 Å². The Morgan fingerprint density at radius 1 is 1.27 bits per heavy atom. The first-order valence-electron chi connectivity index (χ1n) is 6.39. The molecule has 0 aliphatic carbocycles. The molecule has 0 unspecified atom stereocenters. The molecule has 2 N–H and O–H groups in total. The first-order chi connectivity index (χ1) is 10.5. The van der Waals surface area contributed by atoms with E-state index in [-0.39, 0.29) is 5.56 Å². The highest BCUT2D eigenvalue weighted by molar-refractivity contribution is 6.31. The molecular formula is C15H13ClN2O4. The molecule has 22 heavy (non-hydrogen) atoms. The first-order valence-corrected chi connectivity index (χ1v) is 6.76. The van der Waals surface area contributed by atoms with Gasteiger partial charge in [0.15, 0.2) is 6.61 Å². The summed E-state index contributed by atoms with van der Waals surface area (Å²) in [5, 5.41) is 3.11. The maximum Gasteiger partial charge on any atom is 0.344 e. The fourth-order valence-electron chi connectivity index (χ4n) is 1.72. The number of pyridine rings is 1. The largest absolute Gasteiger partial charge is 0.452 e. The topological polar surface area (TPSA) is 88.3 Å². The van der Waals surface area contributed by atoms with Crippen LogP contribution in [0.4, 0.5) is 5.69 Å². The molecule has 2 aromatic rings. The van der Waals surface area contributed by atoms with E-state index in [1.165, 1.54) is 18.3 Å². The highest BCUT2D eigenvalue weighted by atomic mass is 35.5. The number of H-pyrrole nitrogens is 1. The Kier molecular flexibility index (Phi) is 4.95. The molecule has 0 bridgehead atoms. The molecule has 1 amide bonds. The summed E-state index contributed by atoms with van der Waals surface area (Å²) in [4.78, 5) is 37.2. The summed E-state index contributed by atoms with van der Waals surface area (Å²) in [5.74, 6) is -1.38. The molecule has 0 aliphatic rings. The van der Waals surface area contributed by atoms with Gasteiger partial charge in [0.25, 0.3) is 11.5 Å². The second kappa shape index (κ2) is 6.91. The van der Waals surface area contributed by atoms with Gasteiger partial charge in [-0.05, 0) is 36.8 Å². The van der Waals surface area contributed by atoms with Crippen molar-refractivity contribution in [3.8, 4) is 0 Å². The minimum absolute atomic E-state index is 0.158. The van der Waals surface area contributed by atoms with Crippen LogP contribution in [-0.4, -0.2) is 23.5 Å². The Labute approximate surface area is 131 Å². The summed E-state index contributed by atoms with van der Waals surface area (Å²) in [6, 6.07) is 7.89. The number of hydrogen-bond donors (Lipinski definition) is 2. The number of ether oxygens (including phenoxy) is 1. The number of carbonyl (C=O) groups is 2. The predicted octanol–water partition coefficient (Wildman–Crippen LogP) is 2.13. The van der Waals surface area contributed by atoms with E-state index in [0.29, 0.717) is 16.3 Å². The Balaban J connectivity index is 1.96. The fourth-order valence-corrected chi connectivity index (χ4v) is 1.89. The third kappa shape index (κ3) is 3.73. The summed E-state index contributed by atoms with van der Waals surface area (Å²) in [6.07, 6.45) is 1.40. The van der Waals surface area contributed by atoms with Crippen molar-refractivity contribution in [3.05, 3.63) is 63.0 Å². The van der Waals surface area contributed by atoms with Gasteiger partial charge in [0.1, 0.15) is 5.56 Å². The van der Waals surface area contributed by atoms with Gasteiger partial charge < -0.3 is 15.0 Å². The summed E-state index contributed by atoms with van der Waals surface area (Å²) >= 11 is 5.95. The SMILES string of the molecule is Cc1c(Cl)cccc1NC(=O)COC(=O)c1ccc[nH]c1=O. The van der Waals surface area contributed by atoms with Crippen molar-refractivity contribution in [2.75, 3.05) is 11.9 Å². The quantitative estimate of drug-likeness (QED) is 0.845. The summed E-state index contributed by atoms with van der Waals surface area (Å²) in [7, 11) is 0. The van der Waals surface area contributed by atoms with Crippen LogP contribution < -0.4 is 10.9 Å². The summed E-state index contributed by atoms with van der Waals surface area (Å²) < 4.78 is 4.81.